The van der Waals surface area contributed by atoms with E-state index in [4.69, 9.17) is 4.74 Å². The number of aliphatic carboxylic acids is 1. The number of carbonyl (C=O) groups is 4. The van der Waals surface area contributed by atoms with Gasteiger partial charge >= 0.3 is 5.97 Å². The molecule has 2 aliphatic heterocycles. The minimum atomic E-state index is -1.22. The molecule has 0 aromatic heterocycles. The summed E-state index contributed by atoms with van der Waals surface area (Å²) >= 11 is 0. The van der Waals surface area contributed by atoms with E-state index in [9.17, 15) is 24.3 Å². The van der Waals surface area contributed by atoms with Gasteiger partial charge in [0, 0.05) is 32.5 Å². The van der Waals surface area contributed by atoms with Crippen LogP contribution in [-0.2, 0) is 25.6 Å². The zero-order chi connectivity index (χ0) is 26.6. The number of ether oxygens (including phenoxy) is 1. The number of hydrogen-bond acceptors (Lipinski definition) is 6. The van der Waals surface area contributed by atoms with Crippen LogP contribution < -0.4 is 20.7 Å². The fraction of sp³-hybridized carbons (Fsp3) is 0.630. The summed E-state index contributed by atoms with van der Waals surface area (Å²) in [5, 5.41) is 18.0. The lowest BCUT2D eigenvalue weighted by Crippen LogP contribution is -2.51. The first-order chi connectivity index (χ1) is 17.9. The second kappa shape index (κ2) is 14.6. The van der Waals surface area contributed by atoms with Crippen LogP contribution in [0, 0.1) is 11.8 Å². The molecule has 0 spiro atoms. The monoisotopic (exact) mass is 516 g/mol. The molecule has 2 fully saturated rings. The fourth-order valence-corrected chi connectivity index (χ4v) is 4.94. The number of piperidine rings is 2. The highest BCUT2D eigenvalue weighted by atomic mass is 16.5. The zero-order valence-corrected chi connectivity index (χ0v) is 21.7. The van der Waals surface area contributed by atoms with Gasteiger partial charge in [-0.3, -0.25) is 14.4 Å². The summed E-state index contributed by atoms with van der Waals surface area (Å²) in [6, 6.07) is 6.09. The predicted molar refractivity (Wildman–Crippen MR) is 138 cm³/mol. The molecule has 2 aliphatic rings. The van der Waals surface area contributed by atoms with E-state index in [0.29, 0.717) is 38.3 Å². The average molecular weight is 517 g/mol. The molecule has 10 nitrogen and oxygen atoms in total. The largest absolute Gasteiger partial charge is 0.497 e. The van der Waals surface area contributed by atoms with Crippen molar-refractivity contribution in [1.29, 1.82) is 0 Å². The van der Waals surface area contributed by atoms with Crippen LogP contribution in [0.25, 0.3) is 0 Å². The molecule has 0 unspecified atom stereocenters. The number of carboxylic acid groups (broad SMARTS) is 1. The minimum Gasteiger partial charge on any atom is -0.497 e. The van der Waals surface area contributed by atoms with Gasteiger partial charge in [0.15, 0.2) is 0 Å². The molecule has 0 bridgehead atoms. The van der Waals surface area contributed by atoms with E-state index in [1.165, 1.54) is 0 Å². The second-order valence-corrected chi connectivity index (χ2v) is 9.96. The summed E-state index contributed by atoms with van der Waals surface area (Å²) < 4.78 is 5.11. The molecule has 2 saturated heterocycles. The molecular formula is C27H40N4O6. The Morgan fingerprint density at radius 1 is 1.11 bits per heavy atom. The Labute approximate surface area is 218 Å². The summed E-state index contributed by atoms with van der Waals surface area (Å²) in [5.74, 6) is -0.891. The van der Waals surface area contributed by atoms with Crippen molar-refractivity contribution in [2.24, 2.45) is 11.8 Å². The van der Waals surface area contributed by atoms with E-state index in [2.05, 4.69) is 16.0 Å². The van der Waals surface area contributed by atoms with Crippen molar-refractivity contribution in [2.45, 2.75) is 57.4 Å². The topological polar surface area (TPSA) is 137 Å². The van der Waals surface area contributed by atoms with Gasteiger partial charge in [0.25, 0.3) is 0 Å². The molecule has 0 radical (unpaired) electrons. The average Bonchev–Trinajstić information content (AvgIpc) is 2.93. The molecule has 1 aromatic rings. The molecular weight excluding hydrogens is 476 g/mol. The standard InChI is InChI=1S/C27H40N4O6/c1-37-22-8-4-19(5-9-22)6-10-24(32)30-23(27(35)36)17-29-26(34)21-3-2-16-31(18-21)25(33)11-7-20-12-14-28-15-13-20/h4-5,8-9,20-21,23,28H,2-3,6-7,10-18H2,1H3,(H,29,34)(H,30,32)(H,35,36)/t21-,23+/m1/s1. The summed E-state index contributed by atoms with van der Waals surface area (Å²) in [6.07, 6.45) is 5.55. The number of methoxy groups -OCH3 is 1. The van der Waals surface area contributed by atoms with Crippen LogP contribution in [0.1, 0.15) is 50.5 Å². The Morgan fingerprint density at radius 2 is 1.84 bits per heavy atom. The first-order valence-electron chi connectivity index (χ1n) is 13.3. The van der Waals surface area contributed by atoms with E-state index >= 15 is 0 Å². The maximum absolute atomic E-state index is 12.8. The number of nitrogens with one attached hydrogen (secondary N) is 3. The van der Waals surface area contributed by atoms with Gasteiger partial charge in [-0.05, 0) is 75.2 Å². The summed E-state index contributed by atoms with van der Waals surface area (Å²) in [4.78, 5) is 51.3. The van der Waals surface area contributed by atoms with Gasteiger partial charge < -0.3 is 30.7 Å². The van der Waals surface area contributed by atoms with Gasteiger partial charge in [-0.25, -0.2) is 4.79 Å². The number of likely N-dealkylation sites (tertiary alicyclic amines) is 1. The smallest absolute Gasteiger partial charge is 0.328 e. The Morgan fingerprint density at radius 3 is 2.51 bits per heavy atom. The third kappa shape index (κ3) is 9.35. The van der Waals surface area contributed by atoms with Crippen molar-refractivity contribution >= 4 is 23.7 Å². The van der Waals surface area contributed by atoms with Crippen LogP contribution in [0.5, 0.6) is 5.75 Å². The quantitative estimate of drug-likeness (QED) is 0.329. The Balaban J connectivity index is 1.40. The zero-order valence-electron chi connectivity index (χ0n) is 21.7. The van der Waals surface area contributed by atoms with E-state index < -0.39 is 17.9 Å². The Hall–Kier alpha value is -3.14. The lowest BCUT2D eigenvalue weighted by atomic mass is 9.92. The third-order valence-electron chi connectivity index (χ3n) is 7.28. The van der Waals surface area contributed by atoms with Crippen molar-refractivity contribution in [2.75, 3.05) is 39.8 Å². The normalized spacial score (nSPS) is 19.1. The van der Waals surface area contributed by atoms with Crippen LogP contribution in [-0.4, -0.2) is 79.6 Å². The number of carbonyl (C=O) groups excluding carboxylic acids is 3. The molecule has 2 heterocycles. The highest BCUT2D eigenvalue weighted by Gasteiger charge is 2.30. The Bertz CT molecular complexity index is 916. The van der Waals surface area contributed by atoms with Gasteiger partial charge in [0.1, 0.15) is 11.8 Å². The fourth-order valence-electron chi connectivity index (χ4n) is 4.94. The maximum atomic E-state index is 12.8. The van der Waals surface area contributed by atoms with Crippen molar-refractivity contribution in [1.82, 2.24) is 20.9 Å². The number of hydrogen-bond donors (Lipinski definition) is 4. The van der Waals surface area contributed by atoms with Gasteiger partial charge in [0.2, 0.25) is 17.7 Å². The number of benzene rings is 1. The predicted octanol–water partition coefficient (Wildman–Crippen LogP) is 1.33. The molecule has 204 valence electrons. The highest BCUT2D eigenvalue weighted by Crippen LogP contribution is 2.21. The second-order valence-electron chi connectivity index (χ2n) is 9.96. The molecule has 4 N–H and O–H groups in total. The van der Waals surface area contributed by atoms with Crippen LogP contribution in [0.3, 0.4) is 0 Å². The number of nitrogens with zero attached hydrogens (tertiary/aromatic N) is 1. The summed E-state index contributed by atoms with van der Waals surface area (Å²) in [5.41, 5.74) is 0.934. The summed E-state index contributed by atoms with van der Waals surface area (Å²) in [6.45, 7) is 2.80. The van der Waals surface area contributed by atoms with E-state index in [-0.39, 0.29) is 30.7 Å². The lowest BCUT2D eigenvalue weighted by molar-refractivity contribution is -0.142. The third-order valence-corrected chi connectivity index (χ3v) is 7.28. The van der Waals surface area contributed by atoms with Crippen molar-refractivity contribution < 1.29 is 29.0 Å². The molecule has 0 aliphatic carbocycles. The van der Waals surface area contributed by atoms with E-state index in [1.54, 1.807) is 24.1 Å². The molecule has 3 amide bonds. The van der Waals surface area contributed by atoms with Gasteiger partial charge in [-0.2, -0.15) is 0 Å². The van der Waals surface area contributed by atoms with Crippen LogP contribution in [0.15, 0.2) is 24.3 Å². The molecule has 3 rings (SSSR count). The molecule has 1 aromatic carbocycles. The number of carboxylic acids is 1. The van der Waals surface area contributed by atoms with Gasteiger partial charge in [-0.1, -0.05) is 12.1 Å². The van der Waals surface area contributed by atoms with Crippen LogP contribution >= 0.6 is 0 Å². The lowest BCUT2D eigenvalue weighted by Gasteiger charge is -2.33. The van der Waals surface area contributed by atoms with Crippen molar-refractivity contribution in [3.05, 3.63) is 29.8 Å². The van der Waals surface area contributed by atoms with E-state index in [0.717, 1.165) is 50.1 Å². The molecule has 37 heavy (non-hydrogen) atoms. The van der Waals surface area contributed by atoms with Gasteiger partial charge in [-0.15, -0.1) is 0 Å². The van der Waals surface area contributed by atoms with Crippen LogP contribution in [0.4, 0.5) is 0 Å². The highest BCUT2D eigenvalue weighted by molar-refractivity contribution is 5.85. The van der Waals surface area contributed by atoms with E-state index in [1.807, 2.05) is 12.1 Å². The van der Waals surface area contributed by atoms with Gasteiger partial charge in [0.05, 0.1) is 13.0 Å². The maximum Gasteiger partial charge on any atom is 0.328 e. The van der Waals surface area contributed by atoms with Crippen LogP contribution in [0.2, 0.25) is 0 Å². The minimum absolute atomic E-state index is 0.0866. The first kappa shape index (κ1) is 28.4. The molecule has 0 saturated carbocycles. The molecule has 10 heteroatoms. The van der Waals surface area contributed by atoms with Crippen molar-refractivity contribution in [3.8, 4) is 5.75 Å². The Kier molecular flexibility index (Phi) is 11.2. The number of rotatable bonds is 12. The SMILES string of the molecule is COc1ccc(CCC(=O)N[C@@H](CNC(=O)[C@@H]2CCCN(C(=O)CCC3CCNCC3)C2)C(=O)O)cc1. The number of aryl methyl sites for hydroxylation is 1. The number of amides is 3. The first-order valence-corrected chi connectivity index (χ1v) is 13.3. The van der Waals surface area contributed by atoms with Crippen molar-refractivity contribution in [3.63, 3.8) is 0 Å². The summed E-state index contributed by atoms with van der Waals surface area (Å²) in [7, 11) is 1.58. The molecule has 2 atom stereocenters.